The highest BCUT2D eigenvalue weighted by Crippen LogP contribution is 2.45. The normalized spacial score (nSPS) is 24.5. The number of ether oxygens (including phenoxy) is 1. The molecule has 3 rings (SSSR count). The standard InChI is InChI=1S/C24H36N2O4Si/c1-8-19-16(2)20(30-31(6,7)24(3,4)5)21(29-19)18-15-26(23(28)25-22(18)27)14-17-12-10-9-11-13-17/h9-13,15-16,19-21H,8,14H2,1-7H3,(H,25,27,28)/t16?,19-,20+,21+/m1/s1. The highest BCUT2D eigenvalue weighted by Gasteiger charge is 2.49. The van der Waals surface area contributed by atoms with Gasteiger partial charge in [-0.1, -0.05) is 65.0 Å². The maximum Gasteiger partial charge on any atom is 0.328 e. The van der Waals surface area contributed by atoms with Crippen LogP contribution in [0.1, 0.15) is 58.3 Å². The Bertz CT molecular complexity index is 1010. The predicted octanol–water partition coefficient (Wildman–Crippen LogP) is 4.46. The lowest BCUT2D eigenvalue weighted by Crippen LogP contribution is -2.47. The van der Waals surface area contributed by atoms with Crippen molar-refractivity contribution in [2.75, 3.05) is 0 Å². The van der Waals surface area contributed by atoms with Gasteiger partial charge in [-0.15, -0.1) is 0 Å². The van der Waals surface area contributed by atoms with Crippen LogP contribution in [0.15, 0.2) is 46.1 Å². The molecule has 1 fully saturated rings. The second-order valence-corrected chi connectivity index (χ2v) is 14.9. The van der Waals surface area contributed by atoms with E-state index in [1.165, 1.54) is 0 Å². The van der Waals surface area contributed by atoms with Gasteiger partial charge in [0.2, 0.25) is 0 Å². The van der Waals surface area contributed by atoms with E-state index in [9.17, 15) is 9.59 Å². The molecule has 2 heterocycles. The van der Waals surface area contributed by atoms with E-state index in [-0.39, 0.29) is 23.2 Å². The maximum absolute atomic E-state index is 12.8. The van der Waals surface area contributed by atoms with Crippen molar-refractivity contribution in [1.29, 1.82) is 0 Å². The highest BCUT2D eigenvalue weighted by atomic mass is 28.4. The molecule has 1 aliphatic heterocycles. The lowest BCUT2D eigenvalue weighted by Gasteiger charge is -2.40. The van der Waals surface area contributed by atoms with Crippen molar-refractivity contribution in [2.24, 2.45) is 5.92 Å². The molecular weight excluding hydrogens is 408 g/mol. The molecule has 2 aromatic rings. The van der Waals surface area contributed by atoms with E-state index in [0.717, 1.165) is 12.0 Å². The van der Waals surface area contributed by atoms with E-state index < -0.39 is 25.7 Å². The average Bonchev–Trinajstić information content (AvgIpc) is 2.99. The summed E-state index contributed by atoms with van der Waals surface area (Å²) in [5.41, 5.74) is 0.635. The number of H-pyrrole nitrogens is 1. The second-order valence-electron chi connectivity index (χ2n) is 10.2. The van der Waals surface area contributed by atoms with E-state index in [0.29, 0.717) is 12.1 Å². The van der Waals surface area contributed by atoms with Crippen molar-refractivity contribution in [3.63, 3.8) is 0 Å². The molecule has 4 atom stereocenters. The summed E-state index contributed by atoms with van der Waals surface area (Å²) in [4.78, 5) is 27.8. The Morgan fingerprint density at radius 2 is 1.81 bits per heavy atom. The zero-order chi connectivity index (χ0) is 23.0. The molecule has 1 aromatic carbocycles. The molecule has 1 aliphatic rings. The molecular formula is C24H36N2O4Si. The quantitative estimate of drug-likeness (QED) is 0.668. The van der Waals surface area contributed by atoms with Gasteiger partial charge >= 0.3 is 5.69 Å². The van der Waals surface area contributed by atoms with Crippen molar-refractivity contribution in [1.82, 2.24) is 9.55 Å². The summed E-state index contributed by atoms with van der Waals surface area (Å²) in [6.07, 6.45) is 1.78. The molecule has 0 radical (unpaired) electrons. The molecule has 1 saturated heterocycles. The van der Waals surface area contributed by atoms with Crippen molar-refractivity contribution >= 4 is 8.32 Å². The van der Waals surface area contributed by atoms with E-state index >= 15 is 0 Å². The summed E-state index contributed by atoms with van der Waals surface area (Å²) in [5.74, 6) is 0.151. The van der Waals surface area contributed by atoms with Crippen LogP contribution >= 0.6 is 0 Å². The minimum atomic E-state index is -2.09. The Hall–Kier alpha value is -1.96. The maximum atomic E-state index is 12.8. The SMILES string of the molecule is CC[C@H]1O[C@@H](c2cn(Cc3ccccc3)c(=O)[nH]c2=O)[C@@H](O[Si](C)(C)C(C)(C)C)C1C. The summed E-state index contributed by atoms with van der Waals surface area (Å²) in [7, 11) is -2.09. The molecule has 1 aromatic heterocycles. The average molecular weight is 445 g/mol. The molecule has 0 bridgehead atoms. The molecule has 1 unspecified atom stereocenters. The summed E-state index contributed by atoms with van der Waals surface area (Å²) in [5, 5.41) is 0.0418. The first kappa shape index (κ1) is 23.7. The number of rotatable bonds is 6. The number of nitrogens with zero attached hydrogens (tertiary/aromatic N) is 1. The van der Waals surface area contributed by atoms with Crippen LogP contribution < -0.4 is 11.2 Å². The Balaban J connectivity index is 2.01. The van der Waals surface area contributed by atoms with Gasteiger partial charge in [-0.05, 0) is 30.1 Å². The van der Waals surface area contributed by atoms with Gasteiger partial charge in [0.25, 0.3) is 5.56 Å². The fraction of sp³-hybridized carbons (Fsp3) is 0.583. The molecule has 6 nitrogen and oxygen atoms in total. The molecule has 0 spiro atoms. The Morgan fingerprint density at radius 1 is 1.16 bits per heavy atom. The van der Waals surface area contributed by atoms with E-state index in [4.69, 9.17) is 9.16 Å². The minimum Gasteiger partial charge on any atom is -0.411 e. The summed E-state index contributed by atoms with van der Waals surface area (Å²) in [6, 6.07) is 9.73. The van der Waals surface area contributed by atoms with Crippen LogP contribution in [0.2, 0.25) is 18.1 Å². The fourth-order valence-electron chi connectivity index (χ4n) is 3.91. The van der Waals surface area contributed by atoms with Crippen LogP contribution in [0, 0.1) is 5.92 Å². The monoisotopic (exact) mass is 444 g/mol. The van der Waals surface area contributed by atoms with Crippen LogP contribution in [0.5, 0.6) is 0 Å². The Kier molecular flexibility index (Phi) is 6.79. The van der Waals surface area contributed by atoms with E-state index in [1.807, 2.05) is 30.3 Å². The van der Waals surface area contributed by atoms with Gasteiger partial charge in [0, 0.05) is 12.1 Å². The van der Waals surface area contributed by atoms with Gasteiger partial charge in [-0.2, -0.15) is 0 Å². The third kappa shape index (κ3) is 4.94. The molecule has 0 amide bonds. The first-order chi connectivity index (χ1) is 14.4. The fourth-order valence-corrected chi connectivity index (χ4v) is 5.28. The van der Waals surface area contributed by atoms with Gasteiger partial charge in [-0.3, -0.25) is 14.3 Å². The topological polar surface area (TPSA) is 73.3 Å². The largest absolute Gasteiger partial charge is 0.411 e. The molecule has 1 N–H and O–H groups in total. The van der Waals surface area contributed by atoms with Crippen LogP contribution in [-0.2, 0) is 15.7 Å². The summed E-state index contributed by atoms with van der Waals surface area (Å²) in [6.45, 7) is 15.7. The van der Waals surface area contributed by atoms with Crippen LogP contribution in [-0.4, -0.2) is 30.1 Å². The van der Waals surface area contributed by atoms with Crippen LogP contribution in [0.3, 0.4) is 0 Å². The van der Waals surface area contributed by atoms with Gasteiger partial charge < -0.3 is 9.16 Å². The van der Waals surface area contributed by atoms with Crippen molar-refractivity contribution < 1.29 is 9.16 Å². The molecule has 7 heteroatoms. The van der Waals surface area contributed by atoms with Crippen LogP contribution in [0.4, 0.5) is 0 Å². The van der Waals surface area contributed by atoms with Crippen molar-refractivity contribution in [3.05, 3.63) is 68.5 Å². The van der Waals surface area contributed by atoms with E-state index in [1.54, 1.807) is 10.8 Å². The summed E-state index contributed by atoms with van der Waals surface area (Å²) >= 11 is 0. The highest BCUT2D eigenvalue weighted by molar-refractivity contribution is 6.74. The zero-order valence-electron chi connectivity index (χ0n) is 19.8. The van der Waals surface area contributed by atoms with Gasteiger partial charge in [0.15, 0.2) is 8.32 Å². The molecule has 31 heavy (non-hydrogen) atoms. The van der Waals surface area contributed by atoms with E-state index in [2.05, 4.69) is 52.7 Å². The van der Waals surface area contributed by atoms with Crippen molar-refractivity contribution in [3.8, 4) is 0 Å². The predicted molar refractivity (Wildman–Crippen MR) is 126 cm³/mol. The molecule has 170 valence electrons. The first-order valence-corrected chi connectivity index (χ1v) is 14.1. The van der Waals surface area contributed by atoms with Gasteiger partial charge in [0.1, 0.15) is 6.10 Å². The number of nitrogens with one attached hydrogen (secondary N) is 1. The molecule has 0 saturated carbocycles. The lowest BCUT2D eigenvalue weighted by molar-refractivity contribution is 0.00955. The first-order valence-electron chi connectivity index (χ1n) is 11.2. The summed E-state index contributed by atoms with van der Waals surface area (Å²) < 4.78 is 14.7. The smallest absolute Gasteiger partial charge is 0.328 e. The third-order valence-electron chi connectivity index (χ3n) is 6.90. The van der Waals surface area contributed by atoms with Crippen LogP contribution in [0.25, 0.3) is 0 Å². The number of aromatic nitrogens is 2. The lowest BCUT2D eigenvalue weighted by atomic mass is 9.95. The third-order valence-corrected chi connectivity index (χ3v) is 11.4. The van der Waals surface area contributed by atoms with Gasteiger partial charge in [0.05, 0.1) is 24.3 Å². The Morgan fingerprint density at radius 3 is 2.39 bits per heavy atom. The number of hydrogen-bond acceptors (Lipinski definition) is 4. The van der Waals surface area contributed by atoms with Gasteiger partial charge in [-0.25, -0.2) is 4.79 Å². The number of aromatic amines is 1. The Labute approximate surface area is 185 Å². The second kappa shape index (κ2) is 8.88. The number of benzene rings is 1. The number of hydrogen-bond donors (Lipinski definition) is 1. The zero-order valence-corrected chi connectivity index (χ0v) is 20.8. The minimum absolute atomic E-state index is 0.00803. The van der Waals surface area contributed by atoms with Crippen molar-refractivity contribution in [2.45, 2.75) is 84.0 Å². The molecule has 0 aliphatic carbocycles.